The summed E-state index contributed by atoms with van der Waals surface area (Å²) in [6, 6.07) is 20.5. The molecule has 178 valence electrons. The van der Waals surface area contributed by atoms with Gasteiger partial charge in [-0.05, 0) is 74.4 Å². The second-order valence-corrected chi connectivity index (χ2v) is 8.31. The Morgan fingerprint density at radius 2 is 1.74 bits per heavy atom. The molecular formula is C28H27N3O4. The van der Waals surface area contributed by atoms with E-state index in [1.807, 2.05) is 62.4 Å². The van der Waals surface area contributed by atoms with Gasteiger partial charge in [0.05, 0.1) is 24.1 Å². The Morgan fingerprint density at radius 1 is 0.971 bits per heavy atom. The van der Waals surface area contributed by atoms with E-state index in [1.54, 1.807) is 31.2 Å². The molecule has 1 aliphatic rings. The molecule has 0 fully saturated rings. The van der Waals surface area contributed by atoms with Crippen molar-refractivity contribution in [1.82, 2.24) is 0 Å². The van der Waals surface area contributed by atoms with Crippen LogP contribution >= 0.6 is 0 Å². The van der Waals surface area contributed by atoms with Gasteiger partial charge in [0.1, 0.15) is 0 Å². The highest BCUT2D eigenvalue weighted by atomic mass is 16.5. The normalized spacial score (nSPS) is 14.2. The molecule has 2 amide bonds. The average molecular weight is 470 g/mol. The van der Waals surface area contributed by atoms with Gasteiger partial charge in [-0.1, -0.05) is 35.9 Å². The van der Waals surface area contributed by atoms with Crippen LogP contribution in [0.15, 0.2) is 77.4 Å². The number of aryl methyl sites for hydroxylation is 2. The molecule has 1 aliphatic heterocycles. The maximum absolute atomic E-state index is 13.0. The molecule has 35 heavy (non-hydrogen) atoms. The summed E-state index contributed by atoms with van der Waals surface area (Å²) in [5, 5.41) is 8.65. The van der Waals surface area contributed by atoms with Crippen molar-refractivity contribution in [2.45, 2.75) is 20.8 Å². The molecule has 0 saturated heterocycles. The molecule has 1 N–H and O–H groups in total. The number of hydrazone groups is 1. The van der Waals surface area contributed by atoms with Crippen LogP contribution in [0.1, 0.15) is 23.6 Å². The van der Waals surface area contributed by atoms with E-state index in [4.69, 9.17) is 9.47 Å². The minimum atomic E-state index is -0.276. The molecule has 0 spiro atoms. The fraction of sp³-hybridized carbons (Fsp3) is 0.179. The third-order valence-corrected chi connectivity index (χ3v) is 5.50. The molecular weight excluding hydrogens is 442 g/mol. The number of nitrogens with zero attached hydrogens (tertiary/aromatic N) is 2. The van der Waals surface area contributed by atoms with Crippen LogP contribution < -0.4 is 19.8 Å². The van der Waals surface area contributed by atoms with Crippen LogP contribution in [0.5, 0.6) is 11.5 Å². The predicted octanol–water partition coefficient (Wildman–Crippen LogP) is 5.14. The van der Waals surface area contributed by atoms with Crippen molar-refractivity contribution in [1.29, 1.82) is 0 Å². The first-order valence-electron chi connectivity index (χ1n) is 11.2. The average Bonchev–Trinajstić information content (AvgIpc) is 3.13. The number of hydrogen-bond acceptors (Lipinski definition) is 5. The van der Waals surface area contributed by atoms with Gasteiger partial charge < -0.3 is 14.8 Å². The fourth-order valence-corrected chi connectivity index (χ4v) is 3.66. The summed E-state index contributed by atoms with van der Waals surface area (Å²) in [5.74, 6) is 0.415. The monoisotopic (exact) mass is 469 g/mol. The molecule has 0 radical (unpaired) electrons. The quantitative estimate of drug-likeness (QED) is 0.486. The summed E-state index contributed by atoms with van der Waals surface area (Å²) in [5.41, 5.74) is 5.47. The highest BCUT2D eigenvalue weighted by molar-refractivity contribution is 6.32. The van der Waals surface area contributed by atoms with E-state index in [-0.39, 0.29) is 18.4 Å². The number of amides is 2. The topological polar surface area (TPSA) is 80.2 Å². The number of carbonyl (C=O) groups excluding carboxylic acids is 2. The summed E-state index contributed by atoms with van der Waals surface area (Å²) >= 11 is 0. The van der Waals surface area contributed by atoms with Crippen LogP contribution in [0.2, 0.25) is 0 Å². The predicted molar refractivity (Wildman–Crippen MR) is 138 cm³/mol. The molecule has 0 bridgehead atoms. The van der Waals surface area contributed by atoms with Crippen molar-refractivity contribution in [3.8, 4) is 11.5 Å². The number of hydrogen-bond donors (Lipinski definition) is 1. The number of nitrogens with one attached hydrogen (secondary N) is 1. The van der Waals surface area contributed by atoms with Crippen LogP contribution in [-0.4, -0.2) is 31.2 Å². The van der Waals surface area contributed by atoms with Crippen molar-refractivity contribution in [2.24, 2.45) is 5.10 Å². The molecule has 0 atom stereocenters. The van der Waals surface area contributed by atoms with Crippen LogP contribution in [-0.2, 0) is 9.59 Å². The van der Waals surface area contributed by atoms with Gasteiger partial charge in [0, 0.05) is 5.69 Å². The zero-order valence-electron chi connectivity index (χ0n) is 20.2. The molecule has 0 aliphatic carbocycles. The number of methoxy groups -OCH3 is 1. The van der Waals surface area contributed by atoms with Gasteiger partial charge in [-0.3, -0.25) is 9.59 Å². The molecule has 4 rings (SSSR count). The van der Waals surface area contributed by atoms with Crippen molar-refractivity contribution < 1.29 is 19.1 Å². The Balaban J connectivity index is 1.46. The van der Waals surface area contributed by atoms with Crippen LogP contribution in [0.25, 0.3) is 6.08 Å². The highest BCUT2D eigenvalue weighted by Crippen LogP contribution is 2.31. The highest BCUT2D eigenvalue weighted by Gasteiger charge is 2.28. The number of carbonyl (C=O) groups is 2. The van der Waals surface area contributed by atoms with E-state index in [2.05, 4.69) is 10.4 Å². The van der Waals surface area contributed by atoms with Crippen LogP contribution in [0.4, 0.5) is 11.4 Å². The Morgan fingerprint density at radius 3 is 2.46 bits per heavy atom. The Kier molecular flexibility index (Phi) is 6.96. The zero-order chi connectivity index (χ0) is 24.9. The minimum Gasteiger partial charge on any atom is -0.493 e. The first-order valence-corrected chi connectivity index (χ1v) is 11.2. The fourth-order valence-electron chi connectivity index (χ4n) is 3.66. The maximum atomic E-state index is 13.0. The lowest BCUT2D eigenvalue weighted by molar-refractivity contribution is -0.118. The second kappa shape index (κ2) is 10.3. The lowest BCUT2D eigenvalue weighted by Gasteiger charge is -2.13. The summed E-state index contributed by atoms with van der Waals surface area (Å²) in [6.45, 7) is 5.60. The van der Waals surface area contributed by atoms with Gasteiger partial charge >= 0.3 is 0 Å². The van der Waals surface area contributed by atoms with Crippen LogP contribution in [0.3, 0.4) is 0 Å². The standard InChI is InChI=1S/C28H27N3O4/c1-18-8-11-22(12-9-18)29-27(32)17-35-25-13-10-21(16-26(25)34-4)15-24-20(3)30-31(28(24)33)23-7-5-6-19(2)14-23/h5-16H,17H2,1-4H3,(H,29,32)/b24-15+. The summed E-state index contributed by atoms with van der Waals surface area (Å²) in [7, 11) is 1.53. The molecule has 3 aromatic carbocycles. The van der Waals surface area contributed by atoms with Gasteiger partial charge in [0.2, 0.25) is 0 Å². The molecule has 1 heterocycles. The zero-order valence-corrected chi connectivity index (χ0v) is 20.2. The maximum Gasteiger partial charge on any atom is 0.280 e. The van der Waals surface area contributed by atoms with Gasteiger partial charge in [-0.25, -0.2) is 0 Å². The van der Waals surface area contributed by atoms with E-state index >= 15 is 0 Å². The third kappa shape index (κ3) is 5.58. The van der Waals surface area contributed by atoms with E-state index in [0.29, 0.717) is 28.5 Å². The van der Waals surface area contributed by atoms with Crippen LogP contribution in [0, 0.1) is 13.8 Å². The smallest absolute Gasteiger partial charge is 0.280 e. The summed E-state index contributed by atoms with van der Waals surface area (Å²) in [6.07, 6.45) is 1.77. The second-order valence-electron chi connectivity index (χ2n) is 8.31. The Labute approximate surface area is 204 Å². The molecule has 7 nitrogen and oxygen atoms in total. The molecule has 0 unspecified atom stereocenters. The number of rotatable bonds is 7. The van der Waals surface area contributed by atoms with Gasteiger partial charge in [-0.2, -0.15) is 10.1 Å². The number of ether oxygens (including phenoxy) is 2. The lowest BCUT2D eigenvalue weighted by atomic mass is 10.1. The summed E-state index contributed by atoms with van der Waals surface area (Å²) < 4.78 is 11.1. The third-order valence-electron chi connectivity index (χ3n) is 5.50. The number of anilines is 2. The van der Waals surface area contributed by atoms with E-state index in [1.165, 1.54) is 12.1 Å². The summed E-state index contributed by atoms with van der Waals surface area (Å²) in [4.78, 5) is 25.3. The van der Waals surface area contributed by atoms with Crippen molar-refractivity contribution in [3.63, 3.8) is 0 Å². The first-order chi connectivity index (χ1) is 16.8. The van der Waals surface area contributed by atoms with E-state index in [0.717, 1.165) is 22.4 Å². The van der Waals surface area contributed by atoms with Gasteiger partial charge in [0.25, 0.3) is 11.8 Å². The Bertz CT molecular complexity index is 1330. The van der Waals surface area contributed by atoms with Gasteiger partial charge in [0.15, 0.2) is 18.1 Å². The van der Waals surface area contributed by atoms with Crippen molar-refractivity contribution >= 4 is 35.0 Å². The van der Waals surface area contributed by atoms with E-state index in [9.17, 15) is 9.59 Å². The van der Waals surface area contributed by atoms with Crippen molar-refractivity contribution in [2.75, 3.05) is 24.0 Å². The number of benzene rings is 3. The molecule has 7 heteroatoms. The molecule has 3 aromatic rings. The molecule has 0 aromatic heterocycles. The largest absolute Gasteiger partial charge is 0.493 e. The SMILES string of the molecule is COc1cc(/C=C2/C(=O)N(c3cccc(C)c3)N=C2C)ccc1OCC(=O)Nc1ccc(C)cc1. The minimum absolute atomic E-state index is 0.166. The van der Waals surface area contributed by atoms with Crippen molar-refractivity contribution in [3.05, 3.63) is 89.0 Å². The molecule has 0 saturated carbocycles. The first kappa shape index (κ1) is 23.8. The van der Waals surface area contributed by atoms with E-state index < -0.39 is 0 Å². The Hall–Kier alpha value is -4.39. The lowest BCUT2D eigenvalue weighted by Crippen LogP contribution is -2.21. The van der Waals surface area contributed by atoms with Gasteiger partial charge in [-0.15, -0.1) is 0 Å².